The van der Waals surface area contributed by atoms with Gasteiger partial charge in [0.15, 0.2) is 0 Å². The molecule has 0 saturated carbocycles. The highest BCUT2D eigenvalue weighted by Gasteiger charge is 1.93. The Morgan fingerprint density at radius 1 is 1.50 bits per heavy atom. The average molecular weight is 185 g/mol. The molecule has 1 rings (SSSR count). The maximum absolute atomic E-state index is 10.0. The molecule has 0 N–H and O–H groups in total. The van der Waals surface area contributed by atoms with Gasteiger partial charge in [0.1, 0.15) is 6.29 Å². The van der Waals surface area contributed by atoms with Crippen LogP contribution in [0.5, 0.6) is 0 Å². The lowest BCUT2D eigenvalue weighted by atomic mass is 10.2. The van der Waals surface area contributed by atoms with E-state index in [0.717, 1.165) is 6.29 Å². The van der Waals surface area contributed by atoms with Crippen molar-refractivity contribution in [3.8, 4) is 11.8 Å². The maximum Gasteiger partial charge on any atom is 0.131 e. The first-order valence-corrected chi connectivity index (χ1v) is 3.95. The van der Waals surface area contributed by atoms with Crippen LogP contribution in [0, 0.1) is 11.8 Å². The Kier molecular flexibility index (Phi) is 3.81. The molecule has 0 aliphatic heterocycles. The van der Waals surface area contributed by atoms with Crippen LogP contribution >= 0.6 is 0 Å². The molecule has 0 bridgehead atoms. The van der Waals surface area contributed by atoms with Crippen LogP contribution in [-0.4, -0.2) is 6.29 Å². The Bertz CT molecular complexity index is 436. The molecule has 0 heterocycles. The van der Waals surface area contributed by atoms with Gasteiger partial charge < -0.3 is 4.79 Å². The Morgan fingerprint density at radius 2 is 2.29 bits per heavy atom. The number of aldehydes is 1. The van der Waals surface area contributed by atoms with Gasteiger partial charge in [-0.3, -0.25) is 0 Å². The van der Waals surface area contributed by atoms with E-state index in [1.165, 1.54) is 0 Å². The first-order chi connectivity index (χ1) is 6.88. The second kappa shape index (κ2) is 5.41. The molecule has 1 aromatic rings. The Labute approximate surface area is 81.2 Å². The van der Waals surface area contributed by atoms with Crippen molar-refractivity contribution in [1.29, 1.82) is 0 Å². The summed E-state index contributed by atoms with van der Waals surface area (Å²) >= 11 is 0. The number of hydrogen-bond acceptors (Lipinski definition) is 2. The fourth-order valence-corrected chi connectivity index (χ4v) is 0.903. The summed E-state index contributed by atoms with van der Waals surface area (Å²) in [7, 11) is 0. The second-order valence-electron chi connectivity index (χ2n) is 2.38. The second-order valence-corrected chi connectivity index (χ2v) is 2.38. The van der Waals surface area contributed by atoms with Crippen LogP contribution in [0.1, 0.15) is 12.0 Å². The minimum Gasteiger partial charge on any atom is -0.302 e. The molecule has 68 valence electrons. The molecule has 14 heavy (non-hydrogen) atoms. The first kappa shape index (κ1) is 9.85. The van der Waals surface area contributed by atoms with Gasteiger partial charge in [0, 0.05) is 10.5 Å². The van der Waals surface area contributed by atoms with Crippen molar-refractivity contribution in [3.05, 3.63) is 40.3 Å². The highest BCUT2D eigenvalue weighted by molar-refractivity contribution is 5.58. The summed E-state index contributed by atoms with van der Waals surface area (Å²) in [4.78, 5) is 12.7. The number of azide groups is 1. The molecule has 0 aliphatic rings. The fraction of sp³-hybridized carbons (Fsp3) is 0.100. The van der Waals surface area contributed by atoms with Gasteiger partial charge >= 0.3 is 0 Å². The van der Waals surface area contributed by atoms with E-state index >= 15 is 0 Å². The lowest BCUT2D eigenvalue weighted by molar-refractivity contribution is -0.107. The molecular formula is C10H7N3O. The third-order valence-corrected chi connectivity index (χ3v) is 1.46. The number of hydrogen-bond donors (Lipinski definition) is 0. The molecule has 4 nitrogen and oxygen atoms in total. The van der Waals surface area contributed by atoms with Gasteiger partial charge in [-0.25, -0.2) is 0 Å². The zero-order valence-electron chi connectivity index (χ0n) is 7.34. The highest BCUT2D eigenvalue weighted by Crippen LogP contribution is 2.17. The van der Waals surface area contributed by atoms with Gasteiger partial charge in [0.25, 0.3) is 0 Å². The van der Waals surface area contributed by atoms with E-state index < -0.39 is 0 Å². The normalized spacial score (nSPS) is 8.00. The number of carbonyl (C=O) groups excluding carboxylic acids is 1. The van der Waals surface area contributed by atoms with Crippen molar-refractivity contribution < 1.29 is 4.79 Å². The van der Waals surface area contributed by atoms with Crippen LogP contribution in [0.2, 0.25) is 0 Å². The minimum atomic E-state index is 0.185. The fourth-order valence-electron chi connectivity index (χ4n) is 0.903. The van der Waals surface area contributed by atoms with Crippen LogP contribution in [0.15, 0.2) is 29.4 Å². The lowest BCUT2D eigenvalue weighted by Gasteiger charge is -1.93. The standard InChI is InChI=1S/C10H7N3O/c11-13-12-10-7-2-1-5-9(10)6-3-4-8-14/h1-2,5,7-8H,4H2. The van der Waals surface area contributed by atoms with Gasteiger partial charge in [-0.2, -0.15) is 0 Å². The van der Waals surface area contributed by atoms with Crippen LogP contribution in [-0.2, 0) is 4.79 Å². The van der Waals surface area contributed by atoms with Crippen LogP contribution in [0.25, 0.3) is 10.4 Å². The average Bonchev–Trinajstić information content (AvgIpc) is 2.21. The molecule has 0 aliphatic carbocycles. The van der Waals surface area contributed by atoms with Crippen molar-refractivity contribution >= 4 is 12.0 Å². The van der Waals surface area contributed by atoms with Crippen LogP contribution < -0.4 is 0 Å². The monoisotopic (exact) mass is 185 g/mol. The molecule has 0 saturated heterocycles. The largest absolute Gasteiger partial charge is 0.302 e. The zero-order chi connectivity index (χ0) is 10.2. The molecule has 1 aromatic carbocycles. The maximum atomic E-state index is 10.0. The minimum absolute atomic E-state index is 0.185. The topological polar surface area (TPSA) is 65.8 Å². The van der Waals surface area contributed by atoms with E-state index in [1.54, 1.807) is 24.3 Å². The molecule has 4 heteroatoms. The summed E-state index contributed by atoms with van der Waals surface area (Å²) < 4.78 is 0. The summed E-state index contributed by atoms with van der Waals surface area (Å²) in [6, 6.07) is 6.96. The lowest BCUT2D eigenvalue weighted by Crippen LogP contribution is -1.75. The van der Waals surface area contributed by atoms with E-state index in [0.29, 0.717) is 11.3 Å². The SMILES string of the molecule is [N-]=[N+]=Nc1ccccc1C#CCC=O. The first-order valence-electron chi connectivity index (χ1n) is 3.95. The van der Waals surface area contributed by atoms with E-state index in [9.17, 15) is 4.79 Å². The molecule has 0 aromatic heterocycles. The van der Waals surface area contributed by atoms with Gasteiger partial charge in [-0.15, -0.1) is 0 Å². The smallest absolute Gasteiger partial charge is 0.131 e. The van der Waals surface area contributed by atoms with Gasteiger partial charge in [0.2, 0.25) is 0 Å². The van der Waals surface area contributed by atoms with E-state index in [2.05, 4.69) is 21.9 Å². The molecule has 0 spiro atoms. The third kappa shape index (κ3) is 2.67. The quantitative estimate of drug-likeness (QED) is 0.229. The summed E-state index contributed by atoms with van der Waals surface area (Å²) in [6.07, 6.45) is 0.910. The van der Waals surface area contributed by atoms with Crippen molar-refractivity contribution in [2.45, 2.75) is 6.42 Å². The van der Waals surface area contributed by atoms with Crippen molar-refractivity contribution in [1.82, 2.24) is 0 Å². The van der Waals surface area contributed by atoms with E-state index in [-0.39, 0.29) is 6.42 Å². The summed E-state index contributed by atoms with van der Waals surface area (Å²) in [5.41, 5.74) is 9.38. The van der Waals surface area contributed by atoms with Gasteiger partial charge in [-0.1, -0.05) is 35.2 Å². The molecular weight excluding hydrogens is 178 g/mol. The number of benzene rings is 1. The van der Waals surface area contributed by atoms with E-state index in [4.69, 9.17) is 5.53 Å². The summed E-state index contributed by atoms with van der Waals surface area (Å²) in [5, 5.41) is 3.48. The summed E-state index contributed by atoms with van der Waals surface area (Å²) in [5.74, 6) is 5.40. The molecule has 0 radical (unpaired) electrons. The molecule has 0 unspecified atom stereocenters. The number of carbonyl (C=O) groups is 1. The van der Waals surface area contributed by atoms with Gasteiger partial charge in [-0.05, 0) is 11.6 Å². The Hall–Kier alpha value is -2.24. The Balaban J connectivity index is 3.02. The van der Waals surface area contributed by atoms with Crippen molar-refractivity contribution in [3.63, 3.8) is 0 Å². The predicted octanol–water partition coefficient (Wildman–Crippen LogP) is 2.57. The van der Waals surface area contributed by atoms with Gasteiger partial charge in [0.05, 0.1) is 12.1 Å². The molecule has 0 fully saturated rings. The Morgan fingerprint density at radius 3 is 3.00 bits per heavy atom. The molecule has 0 atom stereocenters. The predicted molar refractivity (Wildman–Crippen MR) is 52.8 cm³/mol. The summed E-state index contributed by atoms with van der Waals surface area (Å²) in [6.45, 7) is 0. The van der Waals surface area contributed by atoms with Crippen LogP contribution in [0.4, 0.5) is 5.69 Å². The van der Waals surface area contributed by atoms with Crippen LogP contribution in [0.3, 0.4) is 0 Å². The highest BCUT2D eigenvalue weighted by atomic mass is 16.1. The zero-order valence-corrected chi connectivity index (χ0v) is 7.34. The third-order valence-electron chi connectivity index (χ3n) is 1.46. The molecule has 0 amide bonds. The van der Waals surface area contributed by atoms with E-state index in [1.807, 2.05) is 0 Å². The van der Waals surface area contributed by atoms with Crippen molar-refractivity contribution in [2.24, 2.45) is 5.11 Å². The van der Waals surface area contributed by atoms with Crippen molar-refractivity contribution in [2.75, 3.05) is 0 Å². The number of nitrogens with zero attached hydrogens (tertiary/aromatic N) is 3. The number of rotatable bonds is 2.